The number of aromatic nitrogens is 8. The Kier molecular flexibility index (Phi) is 3.21. The second kappa shape index (κ2) is 4.40. The lowest BCUT2D eigenvalue weighted by molar-refractivity contribution is 0.629. The summed E-state index contributed by atoms with van der Waals surface area (Å²) in [6.45, 7) is 3.65. The van der Waals surface area contributed by atoms with E-state index in [0.29, 0.717) is 5.82 Å². The smallest absolute Gasteiger partial charge is 0.171 e. The van der Waals surface area contributed by atoms with Gasteiger partial charge in [-0.15, -0.1) is 15.3 Å². The molecule has 2 aromatic heterocycles. The van der Waals surface area contributed by atoms with E-state index >= 15 is 0 Å². The summed E-state index contributed by atoms with van der Waals surface area (Å²) >= 11 is 0. The molecule has 0 spiro atoms. The third kappa shape index (κ3) is 2.88. The summed E-state index contributed by atoms with van der Waals surface area (Å²) in [5, 5.41) is 21.6. The van der Waals surface area contributed by atoms with Crippen LogP contribution in [0.4, 0.5) is 0 Å². The Morgan fingerprint density at radius 3 is 1.93 bits per heavy atom. The Bertz CT molecular complexity index is 360. The molecule has 0 aliphatic carbocycles. The van der Waals surface area contributed by atoms with E-state index in [-0.39, 0.29) is 1.43 Å². The monoisotopic (exact) mass is 199 g/mol. The molecule has 0 saturated carbocycles. The van der Waals surface area contributed by atoms with Crippen molar-refractivity contribution in [3.8, 4) is 0 Å². The van der Waals surface area contributed by atoms with Gasteiger partial charge in [0.1, 0.15) is 5.82 Å². The summed E-state index contributed by atoms with van der Waals surface area (Å²) in [7, 11) is 3.54. The van der Waals surface area contributed by atoms with Gasteiger partial charge in [-0.2, -0.15) is 4.80 Å². The molecule has 0 aromatic carbocycles. The van der Waals surface area contributed by atoms with Gasteiger partial charge in [-0.25, -0.2) is 4.68 Å². The second-order valence-electron chi connectivity index (χ2n) is 2.68. The van der Waals surface area contributed by atoms with E-state index < -0.39 is 0 Å². The van der Waals surface area contributed by atoms with Crippen molar-refractivity contribution >= 4 is 0 Å². The standard InChI is InChI=1S/2C3H6N4.H2/c1-3-4-5-6-7(3)2;1-3-4-6-7(2)5-3;/h2*1-2H3;1H/i;;1+1. The third-order valence-electron chi connectivity index (χ3n) is 1.44. The molecule has 0 bridgehead atoms. The molecule has 0 aliphatic rings. The van der Waals surface area contributed by atoms with Crippen molar-refractivity contribution in [3.05, 3.63) is 11.6 Å². The van der Waals surface area contributed by atoms with Crippen LogP contribution >= 0.6 is 0 Å². The molecule has 0 fully saturated rings. The van der Waals surface area contributed by atoms with Crippen molar-refractivity contribution in [1.29, 1.82) is 0 Å². The molecule has 2 heterocycles. The first-order chi connectivity index (χ1) is 6.59. The largest absolute Gasteiger partial charge is 0.233 e. The number of rotatable bonds is 0. The fraction of sp³-hybridized carbons (Fsp3) is 0.667. The Labute approximate surface area is 82.4 Å². The van der Waals surface area contributed by atoms with Gasteiger partial charge in [0.05, 0.1) is 7.05 Å². The average Bonchev–Trinajstić information content (AvgIpc) is 2.65. The van der Waals surface area contributed by atoms with E-state index in [1.54, 1.807) is 25.7 Å². The van der Waals surface area contributed by atoms with Crippen molar-refractivity contribution in [1.82, 2.24) is 40.4 Å². The molecule has 8 heteroatoms. The quantitative estimate of drug-likeness (QED) is 0.556. The number of tetrazole rings is 2. The molecule has 78 valence electrons. The van der Waals surface area contributed by atoms with E-state index in [4.69, 9.17) is 0 Å². The SMILES string of the molecule is Cc1nnn(C)n1.Cc1nnnn1C.[2HH]. The number of hydrogen-bond acceptors (Lipinski definition) is 6. The van der Waals surface area contributed by atoms with E-state index in [1.807, 2.05) is 6.92 Å². The summed E-state index contributed by atoms with van der Waals surface area (Å²) in [5.41, 5.74) is 0. The molecule has 8 nitrogen and oxygen atoms in total. The molecule has 14 heavy (non-hydrogen) atoms. The van der Waals surface area contributed by atoms with Crippen molar-refractivity contribution in [3.63, 3.8) is 0 Å². The van der Waals surface area contributed by atoms with Crippen LogP contribution in [-0.2, 0) is 14.1 Å². The topological polar surface area (TPSA) is 87.2 Å². The van der Waals surface area contributed by atoms with Gasteiger partial charge in [0.15, 0.2) is 5.82 Å². The molecular weight excluding hydrogens is 184 g/mol. The van der Waals surface area contributed by atoms with E-state index in [0.717, 1.165) is 5.82 Å². The highest BCUT2D eigenvalue weighted by Crippen LogP contribution is 1.78. The van der Waals surface area contributed by atoms with E-state index in [2.05, 4.69) is 30.9 Å². The first-order valence-corrected chi connectivity index (χ1v) is 3.99. The zero-order valence-electron chi connectivity index (χ0n) is 8.58. The Hall–Kier alpha value is -1.86. The molecule has 0 saturated heterocycles. The molecule has 0 aliphatic heterocycles. The fourth-order valence-electron chi connectivity index (χ4n) is 0.653. The molecule has 0 N–H and O–H groups in total. The van der Waals surface area contributed by atoms with Gasteiger partial charge in [0.2, 0.25) is 0 Å². The van der Waals surface area contributed by atoms with Crippen molar-refractivity contribution in [2.75, 3.05) is 0 Å². The predicted octanol–water partition coefficient (Wildman–Crippen LogP) is -0.717. The predicted molar refractivity (Wildman–Crippen MR) is 49.2 cm³/mol. The Morgan fingerprint density at radius 1 is 1.07 bits per heavy atom. The average molecular weight is 199 g/mol. The van der Waals surface area contributed by atoms with Crippen LogP contribution in [0.25, 0.3) is 0 Å². The maximum absolute atomic E-state index is 3.81. The molecule has 0 unspecified atom stereocenters. The minimum Gasteiger partial charge on any atom is -0.233 e. The van der Waals surface area contributed by atoms with Gasteiger partial charge in [0, 0.05) is 8.47 Å². The van der Waals surface area contributed by atoms with Crippen molar-refractivity contribution < 1.29 is 1.43 Å². The first kappa shape index (κ1) is 10.2. The third-order valence-corrected chi connectivity index (χ3v) is 1.44. The van der Waals surface area contributed by atoms with Crippen molar-refractivity contribution in [2.24, 2.45) is 14.1 Å². The van der Waals surface area contributed by atoms with Gasteiger partial charge in [-0.1, -0.05) is 0 Å². The zero-order chi connectivity index (χ0) is 10.6. The molecule has 0 atom stereocenters. The molecule has 2 aromatic rings. The van der Waals surface area contributed by atoms with Crippen molar-refractivity contribution in [2.45, 2.75) is 13.8 Å². The van der Waals surface area contributed by atoms with Crippen LogP contribution in [0.3, 0.4) is 0 Å². The molecule has 0 amide bonds. The lowest BCUT2D eigenvalue weighted by Crippen LogP contribution is -1.92. The maximum Gasteiger partial charge on any atom is 0.171 e. The molecule has 2 rings (SSSR count). The minimum atomic E-state index is 0. The van der Waals surface area contributed by atoms with Crippen LogP contribution in [0.5, 0.6) is 0 Å². The van der Waals surface area contributed by atoms with Gasteiger partial charge in [-0.3, -0.25) is 0 Å². The highest BCUT2D eigenvalue weighted by Gasteiger charge is 1.87. The Balaban J connectivity index is 0.000000245. The molecular formula is C6H14N8. The van der Waals surface area contributed by atoms with Gasteiger partial charge in [-0.05, 0) is 29.5 Å². The number of aryl methyl sites for hydroxylation is 4. The van der Waals surface area contributed by atoms with Gasteiger partial charge >= 0.3 is 0 Å². The zero-order valence-corrected chi connectivity index (χ0v) is 8.58. The second-order valence-corrected chi connectivity index (χ2v) is 2.68. The summed E-state index contributed by atoms with van der Waals surface area (Å²) in [5.74, 6) is 1.54. The van der Waals surface area contributed by atoms with Crippen LogP contribution in [0.15, 0.2) is 0 Å². The summed E-state index contributed by atoms with van der Waals surface area (Å²) in [4.78, 5) is 1.43. The minimum absolute atomic E-state index is 0. The lowest BCUT2D eigenvalue weighted by Gasteiger charge is -1.81. The van der Waals surface area contributed by atoms with Crippen LogP contribution < -0.4 is 0 Å². The molecule has 0 radical (unpaired) electrons. The van der Waals surface area contributed by atoms with Gasteiger partial charge in [0.25, 0.3) is 0 Å². The van der Waals surface area contributed by atoms with Crippen LogP contribution in [0.1, 0.15) is 13.1 Å². The summed E-state index contributed by atoms with van der Waals surface area (Å²) in [6, 6.07) is 0. The highest BCUT2D eigenvalue weighted by molar-refractivity contribution is 4.69. The van der Waals surface area contributed by atoms with E-state index in [1.165, 1.54) is 4.80 Å². The maximum atomic E-state index is 3.81. The van der Waals surface area contributed by atoms with E-state index in [9.17, 15) is 0 Å². The lowest BCUT2D eigenvalue weighted by atomic mass is 10.7. The number of nitrogens with zero attached hydrogens (tertiary/aromatic N) is 8. The first-order valence-electron chi connectivity index (χ1n) is 3.99. The summed E-state index contributed by atoms with van der Waals surface area (Å²) < 4.78 is 1.61. The van der Waals surface area contributed by atoms with Gasteiger partial charge < -0.3 is 0 Å². The van der Waals surface area contributed by atoms with Crippen LogP contribution in [0, 0.1) is 13.8 Å². The normalized spacial score (nSPS) is 9.43. The summed E-state index contributed by atoms with van der Waals surface area (Å²) in [6.07, 6.45) is 0. The van der Waals surface area contributed by atoms with Crippen LogP contribution in [0.2, 0.25) is 0 Å². The fourth-order valence-corrected chi connectivity index (χ4v) is 0.653. The number of hydrogen-bond donors (Lipinski definition) is 0. The Morgan fingerprint density at radius 2 is 1.79 bits per heavy atom. The van der Waals surface area contributed by atoms with Crippen LogP contribution in [-0.4, -0.2) is 40.4 Å². The highest BCUT2D eigenvalue weighted by atomic mass is 15.6.